The van der Waals surface area contributed by atoms with E-state index in [1.807, 2.05) is 0 Å². The Kier molecular flexibility index (Phi) is 6.05. The summed E-state index contributed by atoms with van der Waals surface area (Å²) >= 11 is 0. The average Bonchev–Trinajstić information content (AvgIpc) is 2.39. The van der Waals surface area contributed by atoms with Gasteiger partial charge in [-0.2, -0.15) is 0 Å². The normalized spacial score (nSPS) is 11.3. The molecule has 0 aromatic carbocycles. The maximum absolute atomic E-state index is 5.73. The van der Waals surface area contributed by atoms with Crippen molar-refractivity contribution in [2.45, 2.75) is 52.5 Å². The summed E-state index contributed by atoms with van der Waals surface area (Å²) in [6, 6.07) is 2.60. The molecule has 0 radical (unpaired) electrons. The Balaban J connectivity index is 3.00. The predicted octanol–water partition coefficient (Wildman–Crippen LogP) is 2.55. The van der Waals surface area contributed by atoms with Gasteiger partial charge < -0.3 is 10.6 Å². The van der Waals surface area contributed by atoms with E-state index in [1.165, 1.54) is 0 Å². The highest BCUT2D eigenvalue weighted by atomic mass is 15.2. The molecule has 2 N–H and O–H groups in total. The second kappa shape index (κ2) is 7.31. The molecule has 0 fully saturated rings. The highest BCUT2D eigenvalue weighted by molar-refractivity contribution is 5.40. The molecule has 0 aliphatic carbocycles. The Morgan fingerprint density at radius 1 is 1.22 bits per heavy atom. The Morgan fingerprint density at radius 3 is 2.39 bits per heavy atom. The number of aromatic nitrogens is 2. The Morgan fingerprint density at radius 2 is 1.89 bits per heavy atom. The first-order chi connectivity index (χ1) is 8.63. The van der Waals surface area contributed by atoms with Crippen LogP contribution in [0, 0.1) is 0 Å². The molecule has 0 atom stereocenters. The van der Waals surface area contributed by atoms with Gasteiger partial charge in [-0.3, -0.25) is 0 Å². The summed E-state index contributed by atoms with van der Waals surface area (Å²) in [6.07, 6.45) is 3.88. The van der Waals surface area contributed by atoms with E-state index in [0.717, 1.165) is 30.9 Å². The van der Waals surface area contributed by atoms with Crippen LogP contribution in [-0.2, 0) is 0 Å². The zero-order valence-electron chi connectivity index (χ0n) is 12.1. The first kappa shape index (κ1) is 14.9. The maximum Gasteiger partial charge on any atom is 0.132 e. The molecule has 102 valence electrons. The van der Waals surface area contributed by atoms with Gasteiger partial charge in [-0.1, -0.05) is 27.7 Å². The first-order valence-electron chi connectivity index (χ1n) is 6.92. The molecule has 4 heteroatoms. The van der Waals surface area contributed by atoms with Crippen LogP contribution in [-0.4, -0.2) is 29.1 Å². The zero-order valence-corrected chi connectivity index (χ0v) is 12.1. The Bertz CT molecular complexity index is 347. The summed E-state index contributed by atoms with van der Waals surface area (Å²) in [5, 5.41) is 0. The fraction of sp³-hybridized carbons (Fsp3) is 0.714. The van der Waals surface area contributed by atoms with Crippen molar-refractivity contribution < 1.29 is 0 Å². The minimum atomic E-state index is 0.424. The fourth-order valence-electron chi connectivity index (χ4n) is 2.19. The van der Waals surface area contributed by atoms with Crippen molar-refractivity contribution in [3.05, 3.63) is 18.1 Å². The third kappa shape index (κ3) is 3.67. The van der Waals surface area contributed by atoms with E-state index in [4.69, 9.17) is 5.73 Å². The molecule has 0 aliphatic heterocycles. The molecule has 0 saturated heterocycles. The van der Waals surface area contributed by atoms with Crippen LogP contribution in [0.3, 0.4) is 0 Å². The van der Waals surface area contributed by atoms with Crippen LogP contribution in [0.25, 0.3) is 0 Å². The lowest BCUT2D eigenvalue weighted by molar-refractivity contribution is 0.553. The van der Waals surface area contributed by atoms with Crippen LogP contribution < -0.4 is 10.6 Å². The van der Waals surface area contributed by atoms with Crippen LogP contribution >= 0.6 is 0 Å². The van der Waals surface area contributed by atoms with Gasteiger partial charge in [0, 0.05) is 30.9 Å². The lowest BCUT2D eigenvalue weighted by Gasteiger charge is -2.31. The quantitative estimate of drug-likeness (QED) is 0.808. The van der Waals surface area contributed by atoms with E-state index >= 15 is 0 Å². The van der Waals surface area contributed by atoms with Crippen LogP contribution in [0.5, 0.6) is 0 Å². The summed E-state index contributed by atoms with van der Waals surface area (Å²) in [5.74, 6) is 1.43. The van der Waals surface area contributed by atoms with Crippen molar-refractivity contribution in [1.82, 2.24) is 9.97 Å². The standard InChI is InChI=1S/C14H26N4/c1-5-12(6-2)18(8-7-15)14-9-13(11(3)4)16-10-17-14/h9-12H,5-8,15H2,1-4H3. The minimum Gasteiger partial charge on any atom is -0.352 e. The highest BCUT2D eigenvalue weighted by Crippen LogP contribution is 2.20. The summed E-state index contributed by atoms with van der Waals surface area (Å²) in [7, 11) is 0. The average molecular weight is 250 g/mol. The van der Waals surface area contributed by atoms with Crippen LogP contribution in [0.15, 0.2) is 12.4 Å². The molecule has 18 heavy (non-hydrogen) atoms. The van der Waals surface area contributed by atoms with E-state index in [9.17, 15) is 0 Å². The van der Waals surface area contributed by atoms with E-state index in [1.54, 1.807) is 6.33 Å². The van der Waals surface area contributed by atoms with Crippen molar-refractivity contribution in [3.63, 3.8) is 0 Å². The molecule has 1 aromatic rings. The van der Waals surface area contributed by atoms with Gasteiger partial charge in [-0.05, 0) is 18.8 Å². The van der Waals surface area contributed by atoms with Gasteiger partial charge in [0.1, 0.15) is 12.1 Å². The predicted molar refractivity (Wildman–Crippen MR) is 76.9 cm³/mol. The van der Waals surface area contributed by atoms with E-state index < -0.39 is 0 Å². The third-order valence-electron chi connectivity index (χ3n) is 3.31. The molecule has 0 spiro atoms. The van der Waals surface area contributed by atoms with Crippen molar-refractivity contribution in [1.29, 1.82) is 0 Å². The largest absolute Gasteiger partial charge is 0.352 e. The molecule has 0 amide bonds. The van der Waals surface area contributed by atoms with Gasteiger partial charge >= 0.3 is 0 Å². The Hall–Kier alpha value is -1.16. The van der Waals surface area contributed by atoms with Crippen molar-refractivity contribution >= 4 is 5.82 Å². The molecular weight excluding hydrogens is 224 g/mol. The second-order valence-corrected chi connectivity index (χ2v) is 4.91. The van der Waals surface area contributed by atoms with Crippen LogP contribution in [0.1, 0.15) is 52.1 Å². The maximum atomic E-state index is 5.73. The SMILES string of the molecule is CCC(CC)N(CCN)c1cc(C(C)C)ncn1. The number of nitrogens with two attached hydrogens (primary N) is 1. The van der Waals surface area contributed by atoms with E-state index in [-0.39, 0.29) is 0 Å². The zero-order chi connectivity index (χ0) is 13.5. The van der Waals surface area contributed by atoms with Gasteiger partial charge in [0.2, 0.25) is 0 Å². The van der Waals surface area contributed by atoms with Gasteiger partial charge in [-0.15, -0.1) is 0 Å². The van der Waals surface area contributed by atoms with E-state index in [0.29, 0.717) is 18.5 Å². The minimum absolute atomic E-state index is 0.424. The number of rotatable bonds is 7. The number of hydrogen-bond donors (Lipinski definition) is 1. The summed E-state index contributed by atoms with van der Waals surface area (Å²) < 4.78 is 0. The van der Waals surface area contributed by atoms with Crippen molar-refractivity contribution in [2.75, 3.05) is 18.0 Å². The summed E-state index contributed by atoms with van der Waals surface area (Å²) in [6.45, 7) is 10.2. The molecule has 0 unspecified atom stereocenters. The highest BCUT2D eigenvalue weighted by Gasteiger charge is 2.17. The molecule has 0 aliphatic rings. The van der Waals surface area contributed by atoms with Crippen molar-refractivity contribution in [3.8, 4) is 0 Å². The van der Waals surface area contributed by atoms with Gasteiger partial charge in [0.25, 0.3) is 0 Å². The molecule has 1 rings (SSSR count). The topological polar surface area (TPSA) is 55.0 Å². The first-order valence-corrected chi connectivity index (χ1v) is 6.92. The lowest BCUT2D eigenvalue weighted by Crippen LogP contribution is -2.39. The smallest absolute Gasteiger partial charge is 0.132 e. The molecule has 0 saturated carbocycles. The molecule has 4 nitrogen and oxygen atoms in total. The summed E-state index contributed by atoms with van der Waals surface area (Å²) in [4.78, 5) is 11.1. The molecule has 0 bridgehead atoms. The lowest BCUT2D eigenvalue weighted by atomic mass is 10.1. The van der Waals surface area contributed by atoms with Gasteiger partial charge in [-0.25, -0.2) is 9.97 Å². The van der Waals surface area contributed by atoms with Crippen LogP contribution in [0.4, 0.5) is 5.82 Å². The Labute approximate surface area is 111 Å². The second-order valence-electron chi connectivity index (χ2n) is 4.91. The fourth-order valence-corrected chi connectivity index (χ4v) is 2.19. The number of nitrogens with zero attached hydrogens (tertiary/aromatic N) is 3. The van der Waals surface area contributed by atoms with Crippen molar-refractivity contribution in [2.24, 2.45) is 5.73 Å². The van der Waals surface area contributed by atoms with Gasteiger partial charge in [0.05, 0.1) is 0 Å². The number of hydrogen-bond acceptors (Lipinski definition) is 4. The number of anilines is 1. The molecule has 1 aromatic heterocycles. The summed E-state index contributed by atoms with van der Waals surface area (Å²) in [5.41, 5.74) is 6.82. The van der Waals surface area contributed by atoms with Crippen LogP contribution in [0.2, 0.25) is 0 Å². The molecule has 1 heterocycles. The monoisotopic (exact) mass is 250 g/mol. The molecular formula is C14H26N4. The van der Waals surface area contributed by atoms with Gasteiger partial charge in [0.15, 0.2) is 0 Å². The van der Waals surface area contributed by atoms with E-state index in [2.05, 4.69) is 48.6 Å². The third-order valence-corrected chi connectivity index (χ3v) is 3.31.